The summed E-state index contributed by atoms with van der Waals surface area (Å²) in [6.45, 7) is 0.580. The van der Waals surface area contributed by atoms with Gasteiger partial charge in [-0.25, -0.2) is 12.8 Å². The molecule has 1 aliphatic rings. The minimum atomic E-state index is -3.97. The number of amides is 1. The van der Waals surface area contributed by atoms with Crippen LogP contribution in [0, 0.1) is 5.82 Å². The van der Waals surface area contributed by atoms with E-state index in [1.165, 1.54) is 35.7 Å². The number of rotatable bonds is 12. The number of halogens is 1. The predicted octanol–water partition coefficient (Wildman–Crippen LogP) is 4.13. The highest BCUT2D eigenvalue weighted by molar-refractivity contribution is 7.89. The number of carbonyl (C=O) groups excluding carboxylic acids is 1. The Labute approximate surface area is 226 Å². The number of para-hydroxylation sites is 1. The minimum Gasteiger partial charge on any atom is -0.497 e. The molecule has 8 nitrogen and oxygen atoms in total. The molecule has 0 saturated heterocycles. The smallest absolute Gasteiger partial charge is 0.243 e. The van der Waals surface area contributed by atoms with Crippen molar-refractivity contribution in [3.63, 3.8) is 0 Å². The van der Waals surface area contributed by atoms with Gasteiger partial charge in [0, 0.05) is 31.7 Å². The highest BCUT2D eigenvalue weighted by atomic mass is 32.2. The number of fused-ring (bicyclic) bond motifs is 1. The molecule has 2 heterocycles. The molecule has 0 bridgehead atoms. The Bertz CT molecular complexity index is 1330. The van der Waals surface area contributed by atoms with E-state index < -0.39 is 21.9 Å². The third-order valence-corrected chi connectivity index (χ3v) is 9.27. The van der Waals surface area contributed by atoms with E-state index in [4.69, 9.17) is 14.2 Å². The molecule has 204 valence electrons. The number of sulfonamides is 1. The van der Waals surface area contributed by atoms with E-state index in [0.29, 0.717) is 31.7 Å². The molecule has 0 aliphatic carbocycles. The molecule has 11 heteroatoms. The second-order valence-electron chi connectivity index (χ2n) is 8.75. The zero-order chi connectivity index (χ0) is 27.1. The Morgan fingerprint density at radius 3 is 2.61 bits per heavy atom. The van der Waals surface area contributed by atoms with Crippen molar-refractivity contribution in [2.24, 2.45) is 0 Å². The van der Waals surface area contributed by atoms with E-state index >= 15 is 0 Å². The lowest BCUT2D eigenvalue weighted by Gasteiger charge is -2.37. The van der Waals surface area contributed by atoms with Gasteiger partial charge in [0.1, 0.15) is 12.4 Å². The molecule has 1 aliphatic heterocycles. The normalized spacial score (nSPS) is 15.4. The topological polar surface area (TPSA) is 85.4 Å². The summed E-state index contributed by atoms with van der Waals surface area (Å²) in [6.07, 6.45) is 1.08. The summed E-state index contributed by atoms with van der Waals surface area (Å²) in [5.74, 6) is -0.200. The van der Waals surface area contributed by atoms with Gasteiger partial charge in [-0.15, -0.1) is 11.3 Å². The van der Waals surface area contributed by atoms with E-state index in [1.807, 2.05) is 11.4 Å². The first-order chi connectivity index (χ1) is 18.3. The Kier molecular flexibility index (Phi) is 9.37. The summed E-state index contributed by atoms with van der Waals surface area (Å²) in [5.41, 5.74) is 0.940. The zero-order valence-electron chi connectivity index (χ0n) is 21.3. The van der Waals surface area contributed by atoms with Gasteiger partial charge in [0.2, 0.25) is 15.9 Å². The first kappa shape index (κ1) is 28.0. The summed E-state index contributed by atoms with van der Waals surface area (Å²) in [5, 5.41) is 1.96. The molecule has 0 saturated carbocycles. The molecule has 1 atom stereocenters. The average Bonchev–Trinajstić information content (AvgIpc) is 3.41. The number of thiophene rings is 1. The summed E-state index contributed by atoms with van der Waals surface area (Å²) in [7, 11) is -0.928. The Hall–Kier alpha value is -2.99. The van der Waals surface area contributed by atoms with Gasteiger partial charge in [0.15, 0.2) is 11.6 Å². The van der Waals surface area contributed by atoms with Gasteiger partial charge in [-0.2, -0.15) is 4.31 Å². The number of methoxy groups -OCH3 is 2. The number of carbonyl (C=O) groups is 1. The summed E-state index contributed by atoms with van der Waals surface area (Å²) >= 11 is 1.60. The van der Waals surface area contributed by atoms with Crippen molar-refractivity contribution < 1.29 is 31.8 Å². The highest BCUT2D eigenvalue weighted by Crippen LogP contribution is 2.34. The Morgan fingerprint density at radius 2 is 1.89 bits per heavy atom. The molecule has 0 N–H and O–H groups in total. The van der Waals surface area contributed by atoms with Crippen molar-refractivity contribution in [2.45, 2.75) is 23.8 Å². The van der Waals surface area contributed by atoms with Crippen molar-refractivity contribution in [3.05, 3.63) is 76.2 Å². The van der Waals surface area contributed by atoms with Crippen LogP contribution in [0.1, 0.15) is 22.9 Å². The van der Waals surface area contributed by atoms with Crippen LogP contribution in [-0.4, -0.2) is 70.6 Å². The van der Waals surface area contributed by atoms with E-state index in [9.17, 15) is 17.6 Å². The number of hydrogen-bond acceptors (Lipinski definition) is 7. The fourth-order valence-corrected chi connectivity index (χ4v) is 6.77. The van der Waals surface area contributed by atoms with Gasteiger partial charge >= 0.3 is 0 Å². The lowest BCUT2D eigenvalue weighted by atomic mass is 10.0. The number of nitrogens with zero attached hydrogens (tertiary/aromatic N) is 2. The maximum absolute atomic E-state index is 14.2. The van der Waals surface area contributed by atoms with Crippen molar-refractivity contribution in [1.82, 2.24) is 9.21 Å². The number of ether oxygens (including phenoxy) is 3. The molecule has 0 radical (unpaired) electrons. The van der Waals surface area contributed by atoms with Crippen LogP contribution in [0.2, 0.25) is 0 Å². The van der Waals surface area contributed by atoms with E-state index in [0.717, 1.165) is 10.4 Å². The minimum absolute atomic E-state index is 0.0469. The molecular formula is C27H31FN2O6S2. The van der Waals surface area contributed by atoms with Crippen LogP contribution in [0.5, 0.6) is 11.5 Å². The molecule has 3 aromatic rings. The predicted molar refractivity (Wildman–Crippen MR) is 143 cm³/mol. The monoisotopic (exact) mass is 562 g/mol. The Morgan fingerprint density at radius 1 is 1.13 bits per heavy atom. The van der Waals surface area contributed by atoms with Crippen LogP contribution in [0.4, 0.5) is 4.39 Å². The molecule has 38 heavy (non-hydrogen) atoms. The van der Waals surface area contributed by atoms with Crippen LogP contribution in [-0.2, 0) is 26.0 Å². The maximum atomic E-state index is 14.2. The largest absolute Gasteiger partial charge is 0.497 e. The summed E-state index contributed by atoms with van der Waals surface area (Å²) in [4.78, 5) is 16.5. The van der Waals surface area contributed by atoms with E-state index in [1.54, 1.807) is 47.6 Å². The number of benzene rings is 2. The second kappa shape index (κ2) is 12.7. The molecular weight excluding hydrogens is 531 g/mol. The van der Waals surface area contributed by atoms with Gasteiger partial charge in [-0.1, -0.05) is 12.1 Å². The van der Waals surface area contributed by atoms with Crippen LogP contribution in [0.3, 0.4) is 0 Å². The quantitative estimate of drug-likeness (QED) is 0.309. The fourth-order valence-electron chi connectivity index (χ4n) is 4.41. The first-order valence-corrected chi connectivity index (χ1v) is 14.5. The highest BCUT2D eigenvalue weighted by Gasteiger charge is 2.35. The lowest BCUT2D eigenvalue weighted by Crippen LogP contribution is -2.48. The van der Waals surface area contributed by atoms with E-state index in [2.05, 4.69) is 0 Å². The van der Waals surface area contributed by atoms with Crippen molar-refractivity contribution in [3.8, 4) is 11.5 Å². The average molecular weight is 563 g/mol. The molecule has 0 fully saturated rings. The Balaban J connectivity index is 1.57. The first-order valence-electron chi connectivity index (χ1n) is 12.2. The van der Waals surface area contributed by atoms with E-state index in [-0.39, 0.29) is 36.2 Å². The van der Waals surface area contributed by atoms with Gasteiger partial charge in [-0.05, 0) is 66.2 Å². The van der Waals surface area contributed by atoms with Gasteiger partial charge < -0.3 is 19.1 Å². The van der Waals surface area contributed by atoms with Gasteiger partial charge in [0.25, 0.3) is 0 Å². The number of hydrogen-bond donors (Lipinski definition) is 0. The molecule has 0 spiro atoms. The SMILES string of the molecule is COCCCN(CC(=O)N1CCc2sccc2[C@@H]1COc1ccccc1F)S(=O)(=O)c1ccc(OC)cc1. The van der Waals surface area contributed by atoms with Gasteiger partial charge in [0.05, 0.1) is 24.6 Å². The lowest BCUT2D eigenvalue weighted by molar-refractivity contribution is -0.135. The molecule has 1 aromatic heterocycles. The van der Waals surface area contributed by atoms with Crippen LogP contribution in [0.15, 0.2) is 64.9 Å². The van der Waals surface area contributed by atoms with Crippen LogP contribution in [0.25, 0.3) is 0 Å². The second-order valence-corrected chi connectivity index (χ2v) is 11.7. The maximum Gasteiger partial charge on any atom is 0.243 e. The summed E-state index contributed by atoms with van der Waals surface area (Å²) in [6, 6.07) is 13.7. The van der Waals surface area contributed by atoms with Crippen molar-refractivity contribution in [2.75, 3.05) is 47.1 Å². The molecule has 0 unspecified atom stereocenters. The molecule has 4 rings (SSSR count). The van der Waals surface area contributed by atoms with Crippen molar-refractivity contribution in [1.29, 1.82) is 0 Å². The van der Waals surface area contributed by atoms with Crippen molar-refractivity contribution >= 4 is 27.3 Å². The standard InChI is InChI=1S/C27H31FN2O6S2/c1-34-16-5-14-29(38(32,33)21-10-8-20(35-2)9-11-21)18-27(31)30-15-12-26-22(13-17-37-26)24(30)19-36-25-7-4-3-6-23(25)28/h3-4,6-11,13,17,24H,5,12,14-16,18-19H2,1-2H3/t24-/m0/s1. The van der Waals surface area contributed by atoms with Crippen LogP contribution >= 0.6 is 11.3 Å². The third-order valence-electron chi connectivity index (χ3n) is 6.41. The molecule has 2 aromatic carbocycles. The molecule has 1 amide bonds. The summed E-state index contributed by atoms with van der Waals surface area (Å²) < 4.78 is 58.5. The zero-order valence-corrected chi connectivity index (χ0v) is 23.0. The third kappa shape index (κ3) is 6.35. The van der Waals surface area contributed by atoms with Gasteiger partial charge in [-0.3, -0.25) is 4.79 Å². The fraction of sp³-hybridized carbons (Fsp3) is 0.370. The van der Waals surface area contributed by atoms with Crippen LogP contribution < -0.4 is 9.47 Å².